The molecule has 1 fully saturated rings. The third kappa shape index (κ3) is 3.59. The number of thiophene rings is 1. The lowest BCUT2D eigenvalue weighted by Crippen LogP contribution is -2.31. The highest BCUT2D eigenvalue weighted by molar-refractivity contribution is 7.91. The first kappa shape index (κ1) is 16.9. The molecule has 1 aliphatic rings. The van der Waals surface area contributed by atoms with Gasteiger partial charge in [0.2, 0.25) is 15.0 Å². The van der Waals surface area contributed by atoms with Gasteiger partial charge in [0.15, 0.2) is 0 Å². The molecule has 0 spiro atoms. The van der Waals surface area contributed by atoms with Crippen molar-refractivity contribution < 1.29 is 17.9 Å². The van der Waals surface area contributed by atoms with Crippen molar-refractivity contribution in [3.63, 3.8) is 0 Å². The van der Waals surface area contributed by atoms with E-state index in [2.05, 4.69) is 10.2 Å². The smallest absolute Gasteiger partial charge is 0.409 e. The number of rotatable bonds is 7. The van der Waals surface area contributed by atoms with Crippen LogP contribution in [0.4, 0.5) is 4.79 Å². The fourth-order valence-electron chi connectivity index (χ4n) is 2.48. The first-order valence-electron chi connectivity index (χ1n) is 7.54. The van der Waals surface area contributed by atoms with Gasteiger partial charge >= 0.3 is 6.09 Å². The zero-order valence-corrected chi connectivity index (χ0v) is 14.8. The number of nitrogens with zero attached hydrogens (tertiary/aromatic N) is 4. The van der Waals surface area contributed by atoms with Gasteiger partial charge in [0, 0.05) is 18.0 Å². The normalized spacial score (nSPS) is 15.0. The summed E-state index contributed by atoms with van der Waals surface area (Å²) in [7, 11) is -3.63. The van der Waals surface area contributed by atoms with Crippen LogP contribution in [-0.2, 0) is 27.5 Å². The van der Waals surface area contributed by atoms with Crippen LogP contribution in [0.3, 0.4) is 0 Å². The average Bonchev–Trinajstić information content (AvgIpc) is 3.25. The molecule has 130 valence electrons. The van der Waals surface area contributed by atoms with E-state index in [1.165, 1.54) is 9.78 Å². The molecule has 3 rings (SSSR count). The standard InChI is InChI=1S/C14H18N4O4S2/c1-11-15-16-13(18(11)5-4-12-3-2-9-23-12)24(20,21)10-7-17-6-8-22-14(17)19/h2-3,9H,4-8,10H2,1H3. The molecule has 1 saturated heterocycles. The topological polar surface area (TPSA) is 94.4 Å². The van der Waals surface area contributed by atoms with Crippen molar-refractivity contribution in [3.05, 3.63) is 28.2 Å². The second-order valence-electron chi connectivity index (χ2n) is 5.43. The van der Waals surface area contributed by atoms with Gasteiger partial charge in [-0.25, -0.2) is 13.2 Å². The molecule has 0 aliphatic carbocycles. The number of ether oxygens (including phenoxy) is 1. The quantitative estimate of drug-likeness (QED) is 0.725. The van der Waals surface area contributed by atoms with Gasteiger partial charge in [-0.1, -0.05) is 6.07 Å². The fraction of sp³-hybridized carbons (Fsp3) is 0.500. The van der Waals surface area contributed by atoms with Crippen LogP contribution in [-0.4, -0.2) is 59.6 Å². The first-order valence-corrected chi connectivity index (χ1v) is 10.1. The summed E-state index contributed by atoms with van der Waals surface area (Å²) in [4.78, 5) is 14.0. The summed E-state index contributed by atoms with van der Waals surface area (Å²) in [6.45, 7) is 3.05. The van der Waals surface area contributed by atoms with Gasteiger partial charge in [0.25, 0.3) is 0 Å². The number of cyclic esters (lactones) is 1. The molecule has 0 N–H and O–H groups in total. The summed E-state index contributed by atoms with van der Waals surface area (Å²) < 4.78 is 31.6. The van der Waals surface area contributed by atoms with Crippen LogP contribution in [0.25, 0.3) is 0 Å². The predicted molar refractivity (Wildman–Crippen MR) is 87.8 cm³/mol. The van der Waals surface area contributed by atoms with E-state index in [0.29, 0.717) is 25.5 Å². The summed E-state index contributed by atoms with van der Waals surface area (Å²) >= 11 is 1.63. The Kier molecular flexibility index (Phi) is 4.86. The van der Waals surface area contributed by atoms with Crippen molar-refractivity contribution >= 4 is 27.3 Å². The minimum Gasteiger partial charge on any atom is -0.448 e. The fourth-order valence-corrected chi connectivity index (χ4v) is 4.54. The molecule has 0 radical (unpaired) electrons. The Bertz CT molecular complexity index is 814. The van der Waals surface area contributed by atoms with Crippen LogP contribution in [0.1, 0.15) is 10.7 Å². The second kappa shape index (κ2) is 6.89. The van der Waals surface area contributed by atoms with Gasteiger partial charge in [0.1, 0.15) is 12.4 Å². The lowest BCUT2D eigenvalue weighted by molar-refractivity contribution is 0.160. The number of sulfone groups is 1. The molecule has 3 heterocycles. The van der Waals surface area contributed by atoms with Crippen LogP contribution < -0.4 is 0 Å². The molecule has 0 bridgehead atoms. The molecule has 0 atom stereocenters. The van der Waals surface area contributed by atoms with E-state index in [0.717, 1.165) is 6.42 Å². The molecule has 1 aliphatic heterocycles. The van der Waals surface area contributed by atoms with E-state index >= 15 is 0 Å². The number of carbonyl (C=O) groups excluding carboxylic acids is 1. The zero-order chi connectivity index (χ0) is 17.2. The van der Waals surface area contributed by atoms with Crippen molar-refractivity contribution in [2.24, 2.45) is 0 Å². The molecule has 10 heteroatoms. The van der Waals surface area contributed by atoms with Gasteiger partial charge in [-0.2, -0.15) is 0 Å². The predicted octanol–water partition coefficient (Wildman–Crippen LogP) is 1.12. The number of amides is 1. The third-order valence-corrected chi connectivity index (χ3v) is 6.33. The summed E-state index contributed by atoms with van der Waals surface area (Å²) in [6.07, 6.45) is 0.248. The Morgan fingerprint density at radius 1 is 1.33 bits per heavy atom. The largest absolute Gasteiger partial charge is 0.448 e. The van der Waals surface area contributed by atoms with E-state index in [1.807, 2.05) is 17.5 Å². The van der Waals surface area contributed by atoms with Gasteiger partial charge < -0.3 is 14.2 Å². The van der Waals surface area contributed by atoms with E-state index in [-0.39, 0.29) is 17.5 Å². The van der Waals surface area contributed by atoms with Crippen molar-refractivity contribution in [1.29, 1.82) is 0 Å². The van der Waals surface area contributed by atoms with Crippen molar-refractivity contribution in [2.45, 2.75) is 25.0 Å². The highest BCUT2D eigenvalue weighted by atomic mass is 32.2. The monoisotopic (exact) mass is 370 g/mol. The van der Waals surface area contributed by atoms with Crippen LogP contribution in [0.15, 0.2) is 22.7 Å². The molecule has 0 aromatic carbocycles. The second-order valence-corrected chi connectivity index (χ2v) is 8.47. The molecular formula is C14H18N4O4S2. The van der Waals surface area contributed by atoms with E-state index in [4.69, 9.17) is 4.74 Å². The summed E-state index contributed by atoms with van der Waals surface area (Å²) in [6, 6.07) is 3.98. The van der Waals surface area contributed by atoms with Crippen LogP contribution in [0.5, 0.6) is 0 Å². The molecular weight excluding hydrogens is 352 g/mol. The van der Waals surface area contributed by atoms with Crippen molar-refractivity contribution in [3.8, 4) is 0 Å². The van der Waals surface area contributed by atoms with E-state index in [9.17, 15) is 13.2 Å². The minimum absolute atomic E-state index is 0.0379. The van der Waals surface area contributed by atoms with Crippen molar-refractivity contribution in [2.75, 3.05) is 25.4 Å². The van der Waals surface area contributed by atoms with Crippen LogP contribution in [0, 0.1) is 6.92 Å². The summed E-state index contributed by atoms with van der Waals surface area (Å²) in [5, 5.41) is 9.70. The maximum Gasteiger partial charge on any atom is 0.409 e. The minimum atomic E-state index is -3.63. The molecule has 0 unspecified atom stereocenters. The molecule has 1 amide bonds. The highest BCUT2D eigenvalue weighted by Gasteiger charge is 2.28. The molecule has 0 saturated carbocycles. The Morgan fingerprint density at radius 2 is 2.17 bits per heavy atom. The van der Waals surface area contributed by atoms with E-state index in [1.54, 1.807) is 22.8 Å². The summed E-state index contributed by atoms with van der Waals surface area (Å²) in [5.41, 5.74) is 0. The molecule has 2 aromatic heterocycles. The van der Waals surface area contributed by atoms with E-state index < -0.39 is 15.9 Å². The molecule has 8 nitrogen and oxygen atoms in total. The number of hydrogen-bond donors (Lipinski definition) is 0. The van der Waals surface area contributed by atoms with Gasteiger partial charge in [-0.15, -0.1) is 21.5 Å². The SMILES string of the molecule is Cc1nnc(S(=O)(=O)CCN2CCOC2=O)n1CCc1cccs1. The van der Waals surface area contributed by atoms with Gasteiger partial charge in [0.05, 0.1) is 12.3 Å². The maximum absolute atomic E-state index is 12.6. The van der Waals surface area contributed by atoms with Crippen LogP contribution in [0.2, 0.25) is 0 Å². The average molecular weight is 370 g/mol. The highest BCUT2D eigenvalue weighted by Crippen LogP contribution is 2.15. The maximum atomic E-state index is 12.6. The number of hydrogen-bond acceptors (Lipinski definition) is 7. The molecule has 24 heavy (non-hydrogen) atoms. The number of aryl methyl sites for hydroxylation is 2. The van der Waals surface area contributed by atoms with Gasteiger partial charge in [-0.3, -0.25) is 0 Å². The Hall–Kier alpha value is -1.94. The Labute approximate surface area is 144 Å². The lowest BCUT2D eigenvalue weighted by Gasteiger charge is -2.13. The van der Waals surface area contributed by atoms with Crippen molar-refractivity contribution in [1.82, 2.24) is 19.7 Å². The zero-order valence-electron chi connectivity index (χ0n) is 13.2. The number of carbonyl (C=O) groups is 1. The number of aromatic nitrogens is 3. The Morgan fingerprint density at radius 3 is 2.83 bits per heavy atom. The summed E-state index contributed by atoms with van der Waals surface area (Å²) in [5.74, 6) is 0.366. The Balaban J connectivity index is 1.71. The van der Waals surface area contributed by atoms with Gasteiger partial charge in [-0.05, 0) is 24.8 Å². The third-order valence-electron chi connectivity index (χ3n) is 3.82. The molecule has 2 aromatic rings. The van der Waals surface area contributed by atoms with Crippen LogP contribution >= 0.6 is 11.3 Å². The lowest BCUT2D eigenvalue weighted by atomic mass is 10.3. The first-order chi connectivity index (χ1) is 11.5.